The Morgan fingerprint density at radius 1 is 0.889 bits per heavy atom. The maximum atomic E-state index is 10.7. The molecular formula is C32H34N2O2. The molecule has 4 heteroatoms. The molecule has 36 heavy (non-hydrogen) atoms. The lowest BCUT2D eigenvalue weighted by Gasteiger charge is -2.31. The first-order valence-electron chi connectivity index (χ1n) is 12.8. The van der Waals surface area contributed by atoms with Crippen molar-refractivity contribution in [2.24, 2.45) is 0 Å². The largest absolute Gasteiger partial charge is 0.490 e. The lowest BCUT2D eigenvalue weighted by atomic mass is 9.87. The van der Waals surface area contributed by atoms with Crippen LogP contribution in [-0.2, 0) is 0 Å². The Morgan fingerprint density at radius 3 is 2.22 bits per heavy atom. The summed E-state index contributed by atoms with van der Waals surface area (Å²) in [4.78, 5) is 6.74. The molecule has 0 bridgehead atoms. The number of hydrogen-bond acceptors (Lipinski definition) is 4. The van der Waals surface area contributed by atoms with E-state index >= 15 is 0 Å². The van der Waals surface area contributed by atoms with Crippen molar-refractivity contribution in [1.29, 1.82) is 0 Å². The summed E-state index contributed by atoms with van der Waals surface area (Å²) in [7, 11) is 0. The third-order valence-electron chi connectivity index (χ3n) is 6.93. The van der Waals surface area contributed by atoms with Gasteiger partial charge in [-0.3, -0.25) is 9.88 Å². The molecule has 5 rings (SSSR count). The number of aliphatic hydroxyl groups excluding tert-OH is 1. The zero-order chi connectivity index (χ0) is 24.9. The van der Waals surface area contributed by atoms with Gasteiger partial charge in [0.1, 0.15) is 18.5 Å². The van der Waals surface area contributed by atoms with Crippen molar-refractivity contribution in [3.05, 3.63) is 113 Å². The van der Waals surface area contributed by atoms with Gasteiger partial charge in [0.05, 0.1) is 5.52 Å². The molecule has 4 nitrogen and oxygen atoms in total. The van der Waals surface area contributed by atoms with Crippen molar-refractivity contribution in [2.45, 2.75) is 32.8 Å². The molecule has 1 N–H and O–H groups in total. The van der Waals surface area contributed by atoms with Crippen LogP contribution in [0.5, 0.6) is 5.75 Å². The highest BCUT2D eigenvalue weighted by atomic mass is 16.5. The van der Waals surface area contributed by atoms with E-state index in [9.17, 15) is 5.11 Å². The van der Waals surface area contributed by atoms with E-state index in [1.54, 1.807) is 6.20 Å². The van der Waals surface area contributed by atoms with Crippen molar-refractivity contribution < 1.29 is 9.84 Å². The van der Waals surface area contributed by atoms with E-state index in [1.807, 2.05) is 30.3 Å². The van der Waals surface area contributed by atoms with Crippen LogP contribution < -0.4 is 4.74 Å². The molecule has 0 aliphatic carbocycles. The second-order valence-corrected chi connectivity index (χ2v) is 9.81. The van der Waals surface area contributed by atoms with E-state index in [0.717, 1.165) is 42.6 Å². The molecule has 1 saturated heterocycles. The fraction of sp³-hybridized carbons (Fsp3) is 0.281. The van der Waals surface area contributed by atoms with Crippen LogP contribution in [0.1, 0.15) is 35.1 Å². The number of aliphatic hydroxyl groups is 1. The molecule has 3 aromatic carbocycles. The Kier molecular flexibility index (Phi) is 7.45. The van der Waals surface area contributed by atoms with Crippen molar-refractivity contribution in [3.8, 4) is 5.75 Å². The summed E-state index contributed by atoms with van der Waals surface area (Å²) in [6.45, 7) is 7.06. The molecule has 1 aromatic heterocycles. The van der Waals surface area contributed by atoms with Gasteiger partial charge in [0.15, 0.2) is 0 Å². The van der Waals surface area contributed by atoms with Crippen LogP contribution in [0.2, 0.25) is 0 Å². The zero-order valence-electron chi connectivity index (χ0n) is 21.2. The summed E-state index contributed by atoms with van der Waals surface area (Å²) in [6.07, 6.45) is 3.23. The molecule has 2 heterocycles. The number of ether oxygens (including phenoxy) is 1. The number of β-amino-alcohol motifs (C(OH)–C–C–N with tert-alkyl or cyclic N) is 1. The van der Waals surface area contributed by atoms with Crippen molar-refractivity contribution >= 4 is 16.5 Å². The highest BCUT2D eigenvalue weighted by Gasteiger charge is 2.21. The highest BCUT2D eigenvalue weighted by molar-refractivity contribution is 5.85. The number of hydrogen-bond donors (Lipinski definition) is 1. The van der Waals surface area contributed by atoms with Crippen LogP contribution in [-0.4, -0.2) is 47.3 Å². The first kappa shape index (κ1) is 24.2. The van der Waals surface area contributed by atoms with Crippen molar-refractivity contribution in [3.63, 3.8) is 0 Å². The smallest absolute Gasteiger partial charge is 0.128 e. The summed E-state index contributed by atoms with van der Waals surface area (Å²) in [6, 6.07) is 27.4. The number of pyridine rings is 1. The van der Waals surface area contributed by atoms with Crippen LogP contribution >= 0.6 is 0 Å². The van der Waals surface area contributed by atoms with E-state index in [2.05, 4.69) is 72.3 Å². The van der Waals surface area contributed by atoms with Gasteiger partial charge in [0, 0.05) is 31.2 Å². The number of nitrogens with zero attached hydrogens (tertiary/aromatic N) is 2. The average Bonchev–Trinajstić information content (AvgIpc) is 2.89. The molecule has 1 aliphatic rings. The Morgan fingerprint density at radius 2 is 1.56 bits per heavy atom. The molecule has 4 aromatic rings. The van der Waals surface area contributed by atoms with Crippen LogP contribution in [0.25, 0.3) is 16.5 Å². The second-order valence-electron chi connectivity index (χ2n) is 9.81. The standard InChI is InChI=1S/C32H34N2O2/c1-23-7-3-9-26(19-23)32(27-10-4-8-24(2)20-27)25-14-17-34(18-15-25)21-28(35)22-36-31-13-5-12-30-29(31)11-6-16-33-30/h3-13,16,19-20,28,35H,14-15,17-18,21-22H2,1-2H3. The SMILES string of the molecule is Cc1cccc(C(=C2CCN(CC(O)COc3cccc4ncccc34)CC2)c2cccc(C)c2)c1. The Labute approximate surface area is 213 Å². The third-order valence-corrected chi connectivity index (χ3v) is 6.93. The molecule has 0 radical (unpaired) electrons. The number of aryl methyl sites for hydroxylation is 2. The van der Waals surface area contributed by atoms with Crippen LogP contribution in [0.4, 0.5) is 0 Å². The topological polar surface area (TPSA) is 45.6 Å². The van der Waals surface area contributed by atoms with E-state index in [-0.39, 0.29) is 6.61 Å². The van der Waals surface area contributed by atoms with Gasteiger partial charge >= 0.3 is 0 Å². The molecule has 0 saturated carbocycles. The van der Waals surface area contributed by atoms with Gasteiger partial charge in [-0.15, -0.1) is 0 Å². The average molecular weight is 479 g/mol. The van der Waals surface area contributed by atoms with Crippen LogP contribution in [0.15, 0.2) is 90.6 Å². The maximum absolute atomic E-state index is 10.7. The van der Waals surface area contributed by atoms with Gasteiger partial charge in [-0.05, 0) is 67.7 Å². The lowest BCUT2D eigenvalue weighted by molar-refractivity contribution is 0.0661. The van der Waals surface area contributed by atoms with E-state index < -0.39 is 6.10 Å². The molecular weight excluding hydrogens is 444 g/mol. The Bertz CT molecular complexity index is 1310. The summed E-state index contributed by atoms with van der Waals surface area (Å²) >= 11 is 0. The molecule has 1 fully saturated rings. The fourth-order valence-corrected chi connectivity index (χ4v) is 5.17. The minimum Gasteiger partial charge on any atom is -0.490 e. The van der Waals surface area contributed by atoms with Gasteiger partial charge in [-0.25, -0.2) is 0 Å². The van der Waals surface area contributed by atoms with E-state index in [1.165, 1.54) is 33.4 Å². The summed E-state index contributed by atoms with van der Waals surface area (Å²) in [5.41, 5.74) is 8.91. The third kappa shape index (κ3) is 5.67. The number of aromatic nitrogens is 1. The molecule has 1 atom stereocenters. The number of benzene rings is 3. The van der Waals surface area contributed by atoms with Gasteiger partial charge in [0.2, 0.25) is 0 Å². The lowest BCUT2D eigenvalue weighted by Crippen LogP contribution is -2.39. The van der Waals surface area contributed by atoms with Crippen LogP contribution in [0.3, 0.4) is 0 Å². The fourth-order valence-electron chi connectivity index (χ4n) is 5.17. The molecule has 184 valence electrons. The molecule has 0 amide bonds. The van der Waals surface area contributed by atoms with Gasteiger partial charge < -0.3 is 9.84 Å². The summed E-state index contributed by atoms with van der Waals surface area (Å²) < 4.78 is 5.99. The van der Waals surface area contributed by atoms with Crippen molar-refractivity contribution in [2.75, 3.05) is 26.2 Å². The van der Waals surface area contributed by atoms with Gasteiger partial charge in [-0.1, -0.05) is 71.3 Å². The highest BCUT2D eigenvalue weighted by Crippen LogP contribution is 2.33. The van der Waals surface area contributed by atoms with E-state index in [4.69, 9.17) is 4.74 Å². The number of likely N-dealkylation sites (tertiary alicyclic amines) is 1. The minimum atomic E-state index is -0.546. The second kappa shape index (κ2) is 11.1. The van der Waals surface area contributed by atoms with Gasteiger partial charge in [0.25, 0.3) is 0 Å². The summed E-state index contributed by atoms with van der Waals surface area (Å²) in [5.74, 6) is 0.768. The molecule has 1 unspecified atom stereocenters. The molecule has 1 aliphatic heterocycles. The first-order valence-corrected chi connectivity index (χ1v) is 12.8. The first-order chi connectivity index (χ1) is 17.6. The number of fused-ring (bicyclic) bond motifs is 1. The van der Waals surface area contributed by atoms with Crippen molar-refractivity contribution in [1.82, 2.24) is 9.88 Å². The van der Waals surface area contributed by atoms with Gasteiger partial charge in [-0.2, -0.15) is 0 Å². The quantitative estimate of drug-likeness (QED) is 0.344. The monoisotopic (exact) mass is 478 g/mol. The van der Waals surface area contributed by atoms with Crippen LogP contribution in [0, 0.1) is 13.8 Å². The maximum Gasteiger partial charge on any atom is 0.128 e. The predicted octanol–water partition coefficient (Wildman–Crippen LogP) is 6.19. The van der Waals surface area contributed by atoms with E-state index in [0.29, 0.717) is 6.54 Å². The Balaban J connectivity index is 1.25. The molecule has 0 spiro atoms. The normalized spacial score (nSPS) is 15.1. The zero-order valence-corrected chi connectivity index (χ0v) is 21.2. The summed E-state index contributed by atoms with van der Waals surface area (Å²) in [5, 5.41) is 11.7. The number of rotatable bonds is 7. The predicted molar refractivity (Wildman–Crippen MR) is 147 cm³/mol. The number of piperidine rings is 1. The minimum absolute atomic E-state index is 0.269. The Hall–Kier alpha value is -3.47.